The Kier molecular flexibility index (Phi) is 5.27. The summed E-state index contributed by atoms with van der Waals surface area (Å²) in [5.74, 6) is 1.42. The Labute approximate surface area is 149 Å². The van der Waals surface area contributed by atoms with Crippen LogP contribution in [0.2, 0.25) is 0 Å². The van der Waals surface area contributed by atoms with E-state index in [1.807, 2.05) is 24.3 Å². The number of ether oxygens (including phenoxy) is 2. The molecule has 1 aliphatic heterocycles. The van der Waals surface area contributed by atoms with Crippen LogP contribution in [0.4, 0.5) is 0 Å². The lowest BCUT2D eigenvalue weighted by Gasteiger charge is -2.29. The number of carbonyl (C=O) groups excluding carboxylic acids is 1. The monoisotopic (exact) mass is 339 g/mol. The molecule has 0 fully saturated rings. The third kappa shape index (κ3) is 3.95. The van der Waals surface area contributed by atoms with Crippen LogP contribution in [0.5, 0.6) is 11.5 Å². The van der Waals surface area contributed by atoms with Gasteiger partial charge in [0.2, 0.25) is 6.10 Å². The van der Waals surface area contributed by atoms with Gasteiger partial charge < -0.3 is 14.8 Å². The van der Waals surface area contributed by atoms with Gasteiger partial charge in [-0.25, -0.2) is 0 Å². The summed E-state index contributed by atoms with van der Waals surface area (Å²) >= 11 is 0. The number of amides is 1. The molecule has 0 saturated heterocycles. The van der Waals surface area contributed by atoms with E-state index in [-0.39, 0.29) is 24.5 Å². The largest absolute Gasteiger partial charge is 0.485 e. The first-order valence-corrected chi connectivity index (χ1v) is 8.86. The van der Waals surface area contributed by atoms with Gasteiger partial charge >= 0.3 is 0 Å². The SMILES string of the molecule is CCc1ccc([C@@H](NC(=O)[C@H]2COc3ccccc3O2)C(C)C)cc1. The molecular weight excluding hydrogens is 314 g/mol. The first kappa shape index (κ1) is 17.3. The van der Waals surface area contributed by atoms with Crippen LogP contribution in [0, 0.1) is 5.92 Å². The quantitative estimate of drug-likeness (QED) is 0.899. The highest BCUT2D eigenvalue weighted by Gasteiger charge is 2.29. The Morgan fingerprint density at radius 3 is 2.44 bits per heavy atom. The van der Waals surface area contributed by atoms with Crippen LogP contribution in [-0.4, -0.2) is 18.6 Å². The molecule has 0 radical (unpaired) electrons. The number of para-hydroxylation sites is 2. The van der Waals surface area contributed by atoms with Crippen molar-refractivity contribution in [3.63, 3.8) is 0 Å². The predicted octanol–water partition coefficient (Wildman–Crippen LogP) is 3.90. The van der Waals surface area contributed by atoms with E-state index < -0.39 is 6.10 Å². The molecule has 2 aromatic carbocycles. The average Bonchev–Trinajstić information content (AvgIpc) is 2.65. The molecule has 0 saturated carbocycles. The minimum Gasteiger partial charge on any atom is -0.485 e. The van der Waals surface area contributed by atoms with Gasteiger partial charge in [-0.05, 0) is 35.6 Å². The molecule has 1 heterocycles. The Hall–Kier alpha value is -2.49. The van der Waals surface area contributed by atoms with Crippen molar-refractivity contribution in [3.8, 4) is 11.5 Å². The molecule has 132 valence electrons. The molecule has 1 amide bonds. The lowest BCUT2D eigenvalue weighted by molar-refractivity contribution is -0.131. The van der Waals surface area contributed by atoms with E-state index in [0.29, 0.717) is 11.5 Å². The van der Waals surface area contributed by atoms with Crippen LogP contribution in [0.25, 0.3) is 0 Å². The smallest absolute Gasteiger partial charge is 0.265 e. The molecule has 0 aromatic heterocycles. The highest BCUT2D eigenvalue weighted by atomic mass is 16.6. The number of nitrogens with one attached hydrogen (secondary N) is 1. The number of hydrogen-bond donors (Lipinski definition) is 1. The molecule has 4 nitrogen and oxygen atoms in total. The molecule has 0 spiro atoms. The minimum atomic E-state index is -0.633. The van der Waals surface area contributed by atoms with E-state index in [1.54, 1.807) is 0 Å². The number of rotatable bonds is 5. The van der Waals surface area contributed by atoms with Crippen molar-refractivity contribution in [2.75, 3.05) is 6.61 Å². The van der Waals surface area contributed by atoms with Gasteiger partial charge in [-0.3, -0.25) is 4.79 Å². The lowest BCUT2D eigenvalue weighted by atomic mass is 9.94. The summed E-state index contributed by atoms with van der Waals surface area (Å²) in [4.78, 5) is 12.7. The molecule has 3 rings (SSSR count). The maximum atomic E-state index is 12.7. The topological polar surface area (TPSA) is 47.6 Å². The Bertz CT molecular complexity index is 724. The van der Waals surface area contributed by atoms with Crippen molar-refractivity contribution in [2.45, 2.75) is 39.3 Å². The summed E-state index contributed by atoms with van der Waals surface area (Å²) in [6, 6.07) is 15.8. The molecule has 1 aliphatic rings. The van der Waals surface area contributed by atoms with Gasteiger partial charge in [0.05, 0.1) is 6.04 Å². The van der Waals surface area contributed by atoms with E-state index in [0.717, 1.165) is 12.0 Å². The van der Waals surface area contributed by atoms with Gasteiger partial charge in [0.15, 0.2) is 11.5 Å². The molecule has 1 N–H and O–H groups in total. The van der Waals surface area contributed by atoms with E-state index in [2.05, 4.69) is 50.4 Å². The van der Waals surface area contributed by atoms with E-state index in [4.69, 9.17) is 9.47 Å². The van der Waals surface area contributed by atoms with E-state index in [9.17, 15) is 4.79 Å². The van der Waals surface area contributed by atoms with Crippen molar-refractivity contribution in [1.82, 2.24) is 5.32 Å². The Morgan fingerprint density at radius 1 is 1.12 bits per heavy atom. The number of hydrogen-bond acceptors (Lipinski definition) is 3. The van der Waals surface area contributed by atoms with Crippen LogP contribution in [-0.2, 0) is 11.2 Å². The lowest BCUT2D eigenvalue weighted by Crippen LogP contribution is -2.46. The van der Waals surface area contributed by atoms with Gasteiger partial charge in [0.1, 0.15) is 6.61 Å². The first-order chi connectivity index (χ1) is 12.1. The Morgan fingerprint density at radius 2 is 1.80 bits per heavy atom. The summed E-state index contributed by atoms with van der Waals surface area (Å²) in [5, 5.41) is 3.13. The third-order valence-corrected chi connectivity index (χ3v) is 4.51. The van der Waals surface area contributed by atoms with Crippen LogP contribution in [0.15, 0.2) is 48.5 Å². The van der Waals surface area contributed by atoms with Crippen molar-refractivity contribution < 1.29 is 14.3 Å². The first-order valence-electron chi connectivity index (χ1n) is 8.86. The number of benzene rings is 2. The number of aryl methyl sites for hydroxylation is 1. The highest BCUT2D eigenvalue weighted by Crippen LogP contribution is 2.31. The third-order valence-electron chi connectivity index (χ3n) is 4.51. The zero-order chi connectivity index (χ0) is 17.8. The summed E-state index contributed by atoms with van der Waals surface area (Å²) < 4.78 is 11.5. The molecule has 0 bridgehead atoms. The predicted molar refractivity (Wildman–Crippen MR) is 97.9 cm³/mol. The summed E-state index contributed by atoms with van der Waals surface area (Å²) in [6.45, 7) is 6.57. The van der Waals surface area contributed by atoms with Crippen LogP contribution < -0.4 is 14.8 Å². The van der Waals surface area contributed by atoms with E-state index in [1.165, 1.54) is 5.56 Å². The standard InChI is InChI=1S/C21H25NO3/c1-4-15-9-11-16(12-10-15)20(14(2)3)22-21(23)19-13-24-17-7-5-6-8-18(17)25-19/h5-12,14,19-20H,4,13H2,1-3H3,(H,22,23)/t19-,20+/m1/s1. The second-order valence-electron chi connectivity index (χ2n) is 6.69. The minimum absolute atomic E-state index is 0.0563. The van der Waals surface area contributed by atoms with Crippen molar-refractivity contribution in [3.05, 3.63) is 59.7 Å². The fourth-order valence-corrected chi connectivity index (χ4v) is 2.99. The van der Waals surface area contributed by atoms with Crippen LogP contribution >= 0.6 is 0 Å². The summed E-state index contributed by atoms with van der Waals surface area (Å²) in [6.07, 6.45) is 0.372. The van der Waals surface area contributed by atoms with E-state index >= 15 is 0 Å². The van der Waals surface area contributed by atoms with Crippen molar-refractivity contribution in [1.29, 1.82) is 0 Å². The fraction of sp³-hybridized carbons (Fsp3) is 0.381. The zero-order valence-corrected chi connectivity index (χ0v) is 15.0. The molecule has 0 aliphatic carbocycles. The number of carbonyl (C=O) groups is 1. The Balaban J connectivity index is 1.71. The van der Waals surface area contributed by atoms with Gasteiger partial charge in [-0.1, -0.05) is 57.2 Å². The van der Waals surface area contributed by atoms with Gasteiger partial charge in [0, 0.05) is 0 Å². The van der Waals surface area contributed by atoms with Crippen molar-refractivity contribution >= 4 is 5.91 Å². The molecule has 0 unspecified atom stereocenters. The average molecular weight is 339 g/mol. The van der Waals surface area contributed by atoms with Gasteiger partial charge in [0.25, 0.3) is 5.91 Å². The molecular formula is C21H25NO3. The highest BCUT2D eigenvalue weighted by molar-refractivity contribution is 5.82. The fourth-order valence-electron chi connectivity index (χ4n) is 2.99. The molecule has 2 atom stereocenters. The van der Waals surface area contributed by atoms with Gasteiger partial charge in [-0.2, -0.15) is 0 Å². The molecule has 25 heavy (non-hydrogen) atoms. The van der Waals surface area contributed by atoms with Crippen LogP contribution in [0.1, 0.15) is 37.9 Å². The maximum absolute atomic E-state index is 12.7. The molecule has 2 aromatic rings. The normalized spacial score (nSPS) is 17.2. The summed E-state index contributed by atoms with van der Waals surface area (Å²) in [5.41, 5.74) is 2.40. The second-order valence-corrected chi connectivity index (χ2v) is 6.69. The molecule has 4 heteroatoms. The summed E-state index contributed by atoms with van der Waals surface area (Å²) in [7, 11) is 0. The second kappa shape index (κ2) is 7.60. The zero-order valence-electron chi connectivity index (χ0n) is 15.0. The number of fused-ring (bicyclic) bond motifs is 1. The maximum Gasteiger partial charge on any atom is 0.265 e. The van der Waals surface area contributed by atoms with Crippen LogP contribution in [0.3, 0.4) is 0 Å². The van der Waals surface area contributed by atoms with Gasteiger partial charge in [-0.15, -0.1) is 0 Å². The van der Waals surface area contributed by atoms with Crippen molar-refractivity contribution in [2.24, 2.45) is 5.92 Å².